The number of amides is 1. The molecule has 1 atom stereocenters. The Morgan fingerprint density at radius 2 is 1.96 bits per heavy atom. The SMILES string of the molecule is CC(NC(=O)CNc1cccc(OCc2ccc(F)cc2)c1)c1cccs1. The maximum Gasteiger partial charge on any atom is 0.239 e. The van der Waals surface area contributed by atoms with Crippen molar-refractivity contribution in [2.75, 3.05) is 11.9 Å². The molecule has 0 fully saturated rings. The predicted molar refractivity (Wildman–Crippen MR) is 107 cm³/mol. The number of thiophene rings is 1. The van der Waals surface area contributed by atoms with E-state index in [1.165, 1.54) is 12.1 Å². The van der Waals surface area contributed by atoms with Crippen LogP contribution in [0, 0.1) is 5.82 Å². The molecule has 0 aliphatic carbocycles. The molecule has 140 valence electrons. The van der Waals surface area contributed by atoms with Crippen LogP contribution in [-0.4, -0.2) is 12.5 Å². The Hall–Kier alpha value is -2.86. The number of benzene rings is 2. The van der Waals surface area contributed by atoms with Gasteiger partial charge < -0.3 is 15.4 Å². The van der Waals surface area contributed by atoms with Gasteiger partial charge in [-0.25, -0.2) is 4.39 Å². The lowest BCUT2D eigenvalue weighted by Gasteiger charge is -2.13. The van der Waals surface area contributed by atoms with Crippen molar-refractivity contribution in [3.63, 3.8) is 0 Å². The van der Waals surface area contributed by atoms with Gasteiger partial charge in [0.05, 0.1) is 12.6 Å². The molecule has 6 heteroatoms. The van der Waals surface area contributed by atoms with Crippen LogP contribution in [0.2, 0.25) is 0 Å². The van der Waals surface area contributed by atoms with Crippen molar-refractivity contribution in [1.29, 1.82) is 0 Å². The number of carbonyl (C=O) groups excluding carboxylic acids is 1. The highest BCUT2D eigenvalue weighted by atomic mass is 32.1. The molecule has 0 aliphatic rings. The van der Waals surface area contributed by atoms with Crippen LogP contribution in [0.15, 0.2) is 66.0 Å². The lowest BCUT2D eigenvalue weighted by Crippen LogP contribution is -2.31. The second-order valence-corrected chi connectivity index (χ2v) is 7.08. The molecule has 0 radical (unpaired) electrons. The van der Waals surface area contributed by atoms with Gasteiger partial charge in [-0.05, 0) is 48.2 Å². The minimum Gasteiger partial charge on any atom is -0.489 e. The third-order valence-corrected chi connectivity index (χ3v) is 5.01. The Bertz CT molecular complexity index is 866. The van der Waals surface area contributed by atoms with E-state index in [-0.39, 0.29) is 24.3 Å². The van der Waals surface area contributed by atoms with Crippen LogP contribution in [0.25, 0.3) is 0 Å². The number of halogens is 1. The van der Waals surface area contributed by atoms with E-state index in [4.69, 9.17) is 4.74 Å². The fraction of sp³-hybridized carbons (Fsp3) is 0.190. The zero-order chi connectivity index (χ0) is 19.1. The zero-order valence-electron chi connectivity index (χ0n) is 14.9. The lowest BCUT2D eigenvalue weighted by molar-refractivity contribution is -0.120. The van der Waals surface area contributed by atoms with Crippen molar-refractivity contribution in [2.24, 2.45) is 0 Å². The number of ether oxygens (including phenoxy) is 1. The first-order valence-corrected chi connectivity index (χ1v) is 9.52. The van der Waals surface area contributed by atoms with Gasteiger partial charge in [-0.1, -0.05) is 24.3 Å². The Kier molecular flexibility index (Phi) is 6.44. The summed E-state index contributed by atoms with van der Waals surface area (Å²) in [4.78, 5) is 13.2. The Labute approximate surface area is 162 Å². The molecule has 1 aromatic heterocycles. The zero-order valence-corrected chi connectivity index (χ0v) is 15.8. The van der Waals surface area contributed by atoms with Gasteiger partial charge in [-0.15, -0.1) is 11.3 Å². The Morgan fingerprint density at radius 3 is 2.70 bits per heavy atom. The van der Waals surface area contributed by atoms with Gasteiger partial charge in [-0.2, -0.15) is 0 Å². The number of rotatable bonds is 8. The first-order chi connectivity index (χ1) is 13.1. The van der Waals surface area contributed by atoms with Crippen LogP contribution < -0.4 is 15.4 Å². The van der Waals surface area contributed by atoms with E-state index < -0.39 is 0 Å². The van der Waals surface area contributed by atoms with Crippen LogP contribution >= 0.6 is 11.3 Å². The molecule has 2 aromatic carbocycles. The molecule has 1 unspecified atom stereocenters. The van der Waals surface area contributed by atoms with Crippen molar-refractivity contribution in [3.05, 3.63) is 82.3 Å². The molecule has 0 saturated heterocycles. The Morgan fingerprint density at radius 1 is 1.15 bits per heavy atom. The van der Waals surface area contributed by atoms with Crippen LogP contribution in [-0.2, 0) is 11.4 Å². The van der Waals surface area contributed by atoms with Crippen LogP contribution in [0.4, 0.5) is 10.1 Å². The fourth-order valence-corrected chi connectivity index (χ4v) is 3.26. The molecule has 3 rings (SSSR count). The van der Waals surface area contributed by atoms with E-state index >= 15 is 0 Å². The second-order valence-electron chi connectivity index (χ2n) is 6.10. The van der Waals surface area contributed by atoms with Gasteiger partial charge in [-0.3, -0.25) is 4.79 Å². The van der Waals surface area contributed by atoms with Gasteiger partial charge >= 0.3 is 0 Å². The van der Waals surface area contributed by atoms with Crippen molar-refractivity contribution in [3.8, 4) is 5.75 Å². The minimum absolute atomic E-state index is 0.00956. The summed E-state index contributed by atoms with van der Waals surface area (Å²) < 4.78 is 18.7. The summed E-state index contributed by atoms with van der Waals surface area (Å²) in [7, 11) is 0. The van der Waals surface area contributed by atoms with Gasteiger partial charge in [0.2, 0.25) is 5.91 Å². The minimum atomic E-state index is -0.267. The third kappa shape index (κ3) is 5.82. The monoisotopic (exact) mass is 384 g/mol. The summed E-state index contributed by atoms with van der Waals surface area (Å²) >= 11 is 1.62. The van der Waals surface area contributed by atoms with Gasteiger partial charge in [0.1, 0.15) is 18.2 Å². The maximum atomic E-state index is 12.9. The van der Waals surface area contributed by atoms with E-state index in [2.05, 4.69) is 10.6 Å². The third-order valence-electron chi connectivity index (χ3n) is 3.95. The second kappa shape index (κ2) is 9.19. The van der Waals surface area contributed by atoms with E-state index in [9.17, 15) is 9.18 Å². The first-order valence-electron chi connectivity index (χ1n) is 8.64. The molecule has 0 spiro atoms. The standard InChI is InChI=1S/C21H21FN2O2S/c1-15(20-6-3-11-27-20)24-21(25)13-23-18-4-2-5-19(12-18)26-14-16-7-9-17(22)10-8-16/h2-12,15,23H,13-14H2,1H3,(H,24,25). The van der Waals surface area contributed by atoms with Crippen molar-refractivity contribution in [2.45, 2.75) is 19.6 Å². The van der Waals surface area contributed by atoms with E-state index in [0.29, 0.717) is 12.4 Å². The largest absolute Gasteiger partial charge is 0.489 e. The van der Waals surface area contributed by atoms with E-state index in [1.54, 1.807) is 23.5 Å². The number of hydrogen-bond donors (Lipinski definition) is 2. The lowest BCUT2D eigenvalue weighted by atomic mass is 10.2. The summed E-state index contributed by atoms with van der Waals surface area (Å²) in [5.41, 5.74) is 1.68. The number of carbonyl (C=O) groups is 1. The Balaban J connectivity index is 1.48. The molecule has 1 amide bonds. The molecule has 27 heavy (non-hydrogen) atoms. The smallest absolute Gasteiger partial charge is 0.239 e. The highest BCUT2D eigenvalue weighted by Crippen LogP contribution is 2.20. The molecular formula is C21H21FN2O2S. The van der Waals surface area contributed by atoms with E-state index in [1.807, 2.05) is 48.7 Å². The fourth-order valence-electron chi connectivity index (χ4n) is 2.53. The molecule has 1 heterocycles. The quantitative estimate of drug-likeness (QED) is 0.589. The summed E-state index contributed by atoms with van der Waals surface area (Å²) in [6.45, 7) is 2.49. The van der Waals surface area contributed by atoms with Crippen molar-refractivity contribution in [1.82, 2.24) is 5.32 Å². The summed E-state index contributed by atoms with van der Waals surface area (Å²) in [6, 6.07) is 17.6. The number of nitrogens with one attached hydrogen (secondary N) is 2. The average molecular weight is 384 g/mol. The van der Waals surface area contributed by atoms with E-state index in [0.717, 1.165) is 16.1 Å². The molecule has 0 aliphatic heterocycles. The van der Waals surface area contributed by atoms with Crippen molar-refractivity contribution >= 4 is 22.9 Å². The van der Waals surface area contributed by atoms with Gasteiger partial charge in [0, 0.05) is 16.6 Å². The number of anilines is 1. The molecule has 0 saturated carbocycles. The van der Waals surface area contributed by atoms with Crippen LogP contribution in [0.5, 0.6) is 5.75 Å². The summed E-state index contributed by atoms with van der Waals surface area (Å²) in [5.74, 6) is 0.335. The molecular weight excluding hydrogens is 363 g/mol. The molecule has 4 nitrogen and oxygen atoms in total. The molecule has 0 bridgehead atoms. The van der Waals surface area contributed by atoms with Crippen LogP contribution in [0.1, 0.15) is 23.4 Å². The normalized spacial score (nSPS) is 11.6. The highest BCUT2D eigenvalue weighted by Gasteiger charge is 2.10. The predicted octanol–water partition coefficient (Wildman–Crippen LogP) is 4.76. The molecule has 2 N–H and O–H groups in total. The average Bonchev–Trinajstić information content (AvgIpc) is 3.21. The summed E-state index contributed by atoms with van der Waals surface area (Å²) in [5, 5.41) is 8.06. The number of hydrogen-bond acceptors (Lipinski definition) is 4. The maximum absolute atomic E-state index is 12.9. The highest BCUT2D eigenvalue weighted by molar-refractivity contribution is 7.10. The van der Waals surface area contributed by atoms with Gasteiger partial charge in [0.25, 0.3) is 0 Å². The van der Waals surface area contributed by atoms with Crippen LogP contribution in [0.3, 0.4) is 0 Å². The van der Waals surface area contributed by atoms with Gasteiger partial charge in [0.15, 0.2) is 0 Å². The topological polar surface area (TPSA) is 50.4 Å². The molecule has 3 aromatic rings. The van der Waals surface area contributed by atoms with Crippen molar-refractivity contribution < 1.29 is 13.9 Å². The summed E-state index contributed by atoms with van der Waals surface area (Å²) in [6.07, 6.45) is 0. The first kappa shape index (κ1) is 18.9.